The van der Waals surface area contributed by atoms with Crippen LogP contribution in [-0.4, -0.2) is 9.55 Å². The topological polar surface area (TPSA) is 44.1 Å². The maximum Gasteiger partial charge on any atom is 0.313 e. The van der Waals surface area contributed by atoms with Crippen molar-refractivity contribution in [3.63, 3.8) is 0 Å². The average molecular weight is 320 g/mol. The summed E-state index contributed by atoms with van der Waals surface area (Å²) in [4.78, 5) is 15.8. The van der Waals surface area contributed by atoms with Gasteiger partial charge in [-0.1, -0.05) is 34.8 Å². The molecule has 19 heavy (non-hydrogen) atoms. The normalized spacial score (nSPS) is 10.5. The number of benzene rings is 1. The summed E-state index contributed by atoms with van der Waals surface area (Å²) in [5, 5.41) is 0.848. The molecule has 0 saturated carbocycles. The summed E-state index contributed by atoms with van der Waals surface area (Å²) in [5.74, 6) is 0.166. The molecule has 0 N–H and O–H groups in total. The second-order valence-corrected chi connectivity index (χ2v) is 4.84. The quantitative estimate of drug-likeness (QED) is 0.803. The molecule has 0 unspecified atom stereocenters. The lowest BCUT2D eigenvalue weighted by Crippen LogP contribution is -2.20. The van der Waals surface area contributed by atoms with E-state index in [1.54, 1.807) is 6.20 Å². The number of hydrogen-bond donors (Lipinski definition) is 0. The summed E-state index contributed by atoms with van der Waals surface area (Å²) < 4.78 is 6.86. The Kier molecular flexibility index (Phi) is 4.34. The fourth-order valence-corrected chi connectivity index (χ4v) is 2.01. The Labute approximate surface area is 124 Å². The number of hydrogen-bond acceptors (Lipinski definition) is 3. The molecule has 7 heteroatoms. The van der Waals surface area contributed by atoms with Crippen molar-refractivity contribution < 1.29 is 4.74 Å². The van der Waals surface area contributed by atoms with E-state index >= 15 is 0 Å². The van der Waals surface area contributed by atoms with E-state index in [9.17, 15) is 4.79 Å². The number of ether oxygens (including phenoxy) is 1. The van der Waals surface area contributed by atoms with E-state index in [1.165, 1.54) is 22.9 Å². The summed E-state index contributed by atoms with van der Waals surface area (Å²) >= 11 is 17.7. The number of rotatable bonds is 3. The molecule has 0 spiro atoms. The zero-order valence-corrected chi connectivity index (χ0v) is 12.1. The molecule has 0 saturated heterocycles. The Hall–Kier alpha value is -1.23. The van der Waals surface area contributed by atoms with Gasteiger partial charge in [-0.3, -0.25) is 4.79 Å². The number of halogens is 3. The lowest BCUT2D eigenvalue weighted by molar-refractivity contribution is 0.446. The lowest BCUT2D eigenvalue weighted by Gasteiger charge is -2.09. The highest BCUT2D eigenvalue weighted by Crippen LogP contribution is 2.35. The molecule has 0 atom stereocenters. The molecule has 2 rings (SSSR count). The highest BCUT2D eigenvalue weighted by Gasteiger charge is 2.12. The van der Waals surface area contributed by atoms with Crippen LogP contribution in [0.1, 0.15) is 6.92 Å². The Balaban J connectivity index is 2.42. The number of nitrogens with zero attached hydrogens (tertiary/aromatic N) is 2. The zero-order valence-electron chi connectivity index (χ0n) is 9.86. The van der Waals surface area contributed by atoms with Crippen molar-refractivity contribution in [2.45, 2.75) is 13.5 Å². The highest BCUT2D eigenvalue weighted by molar-refractivity contribution is 6.43. The second kappa shape index (κ2) is 5.82. The van der Waals surface area contributed by atoms with Crippen molar-refractivity contribution in [3.8, 4) is 11.6 Å². The van der Waals surface area contributed by atoms with Gasteiger partial charge < -0.3 is 9.30 Å². The summed E-state index contributed by atoms with van der Waals surface area (Å²) in [6.07, 6.45) is 3.05. The summed E-state index contributed by atoms with van der Waals surface area (Å²) in [6.45, 7) is 2.37. The lowest BCUT2D eigenvalue weighted by atomic mass is 10.3. The van der Waals surface area contributed by atoms with Crippen molar-refractivity contribution in [2.75, 3.05) is 0 Å². The Morgan fingerprint density at radius 2 is 1.89 bits per heavy atom. The van der Waals surface area contributed by atoms with E-state index in [0.29, 0.717) is 11.6 Å². The summed E-state index contributed by atoms with van der Waals surface area (Å²) in [7, 11) is 0. The predicted octanol–water partition coefficient (Wildman–Crippen LogP) is 4.02. The molecule has 4 nitrogen and oxygen atoms in total. The first-order valence-corrected chi connectivity index (χ1v) is 6.54. The van der Waals surface area contributed by atoms with E-state index in [4.69, 9.17) is 39.5 Å². The summed E-state index contributed by atoms with van der Waals surface area (Å²) in [5.41, 5.74) is -0.341. The molecule has 0 radical (unpaired) electrons. The monoisotopic (exact) mass is 318 g/mol. The Bertz CT molecular complexity index is 671. The fraction of sp³-hybridized carbons (Fsp3) is 0.167. The van der Waals surface area contributed by atoms with Gasteiger partial charge in [-0.05, 0) is 13.0 Å². The van der Waals surface area contributed by atoms with Crippen molar-refractivity contribution in [1.29, 1.82) is 0 Å². The second-order valence-electron chi connectivity index (χ2n) is 3.62. The van der Waals surface area contributed by atoms with Crippen LogP contribution in [0.25, 0.3) is 0 Å². The smallest absolute Gasteiger partial charge is 0.313 e. The molecular weight excluding hydrogens is 311 g/mol. The maximum atomic E-state index is 11.9. The minimum atomic E-state index is -0.341. The van der Waals surface area contributed by atoms with Crippen LogP contribution in [0.3, 0.4) is 0 Å². The van der Waals surface area contributed by atoms with Crippen LogP contribution in [0.2, 0.25) is 15.1 Å². The van der Waals surface area contributed by atoms with Crippen molar-refractivity contribution in [2.24, 2.45) is 0 Å². The standard InChI is InChI=1S/C12H9Cl3N2O2/c1-2-17-4-3-16-11(12(17)18)19-10-6-8(14)7(13)5-9(10)15/h3-6H,2H2,1H3. The van der Waals surface area contributed by atoms with Crippen LogP contribution in [0.5, 0.6) is 11.6 Å². The highest BCUT2D eigenvalue weighted by atomic mass is 35.5. The molecule has 1 aromatic heterocycles. The summed E-state index contributed by atoms with van der Waals surface area (Å²) in [6, 6.07) is 2.89. The van der Waals surface area contributed by atoms with Crippen molar-refractivity contribution in [3.05, 3.63) is 49.9 Å². The Morgan fingerprint density at radius 1 is 1.21 bits per heavy atom. The van der Waals surface area contributed by atoms with E-state index in [1.807, 2.05) is 6.92 Å². The van der Waals surface area contributed by atoms with Gasteiger partial charge in [-0.15, -0.1) is 0 Å². The minimum Gasteiger partial charge on any atom is -0.433 e. The van der Waals surface area contributed by atoms with Gasteiger partial charge in [0, 0.05) is 25.0 Å². The first-order chi connectivity index (χ1) is 9.02. The van der Waals surface area contributed by atoms with Crippen molar-refractivity contribution >= 4 is 34.8 Å². The molecule has 0 aliphatic rings. The third kappa shape index (κ3) is 3.03. The van der Waals surface area contributed by atoms with Gasteiger partial charge in [0.25, 0.3) is 5.88 Å². The largest absolute Gasteiger partial charge is 0.433 e. The molecule has 0 aliphatic carbocycles. The molecule has 1 heterocycles. The minimum absolute atomic E-state index is 0.0651. The third-order valence-electron chi connectivity index (χ3n) is 2.40. The molecule has 0 amide bonds. The predicted molar refractivity (Wildman–Crippen MR) is 75.7 cm³/mol. The molecule has 0 fully saturated rings. The first-order valence-electron chi connectivity index (χ1n) is 5.40. The third-order valence-corrected chi connectivity index (χ3v) is 3.42. The van der Waals surface area contributed by atoms with Gasteiger partial charge in [0.1, 0.15) is 5.75 Å². The van der Waals surface area contributed by atoms with Gasteiger partial charge in [-0.2, -0.15) is 0 Å². The zero-order chi connectivity index (χ0) is 14.0. The maximum absolute atomic E-state index is 11.9. The number of aryl methyl sites for hydroxylation is 1. The van der Waals surface area contributed by atoms with E-state index < -0.39 is 0 Å². The Morgan fingerprint density at radius 3 is 2.58 bits per heavy atom. The van der Waals surface area contributed by atoms with Crippen LogP contribution in [0, 0.1) is 0 Å². The SMILES string of the molecule is CCn1ccnc(Oc2cc(Cl)c(Cl)cc2Cl)c1=O. The average Bonchev–Trinajstić information content (AvgIpc) is 2.38. The van der Waals surface area contributed by atoms with Gasteiger partial charge in [0.15, 0.2) is 0 Å². The van der Waals surface area contributed by atoms with Gasteiger partial charge >= 0.3 is 5.56 Å². The van der Waals surface area contributed by atoms with E-state index in [2.05, 4.69) is 4.98 Å². The molecule has 0 aliphatic heterocycles. The fourth-order valence-electron chi connectivity index (χ4n) is 1.43. The van der Waals surface area contributed by atoms with Gasteiger partial charge in [0.2, 0.25) is 0 Å². The van der Waals surface area contributed by atoms with Gasteiger partial charge in [0.05, 0.1) is 15.1 Å². The van der Waals surface area contributed by atoms with E-state index in [0.717, 1.165) is 0 Å². The molecule has 2 aromatic rings. The van der Waals surface area contributed by atoms with Crippen LogP contribution in [-0.2, 0) is 6.54 Å². The first kappa shape index (κ1) is 14.2. The number of aromatic nitrogens is 2. The van der Waals surface area contributed by atoms with Gasteiger partial charge in [-0.25, -0.2) is 4.98 Å². The van der Waals surface area contributed by atoms with Crippen LogP contribution in [0.15, 0.2) is 29.3 Å². The molecule has 100 valence electrons. The van der Waals surface area contributed by atoms with Crippen LogP contribution < -0.4 is 10.3 Å². The van der Waals surface area contributed by atoms with E-state index in [-0.39, 0.29) is 27.2 Å². The molecular formula is C12H9Cl3N2O2. The van der Waals surface area contributed by atoms with Crippen molar-refractivity contribution in [1.82, 2.24) is 9.55 Å². The molecule has 1 aromatic carbocycles. The van der Waals surface area contributed by atoms with Crippen LogP contribution >= 0.6 is 34.8 Å². The molecule has 0 bridgehead atoms. The van der Waals surface area contributed by atoms with Crippen LogP contribution in [0.4, 0.5) is 0 Å².